The van der Waals surface area contributed by atoms with Crippen molar-refractivity contribution in [2.24, 2.45) is 0 Å². The van der Waals surface area contributed by atoms with Crippen molar-refractivity contribution in [3.8, 4) is 0 Å². The van der Waals surface area contributed by atoms with Crippen LogP contribution in [0.15, 0.2) is 23.1 Å². The monoisotopic (exact) mass is 152 g/mol. The zero-order chi connectivity index (χ0) is 8.10. The van der Waals surface area contributed by atoms with Crippen molar-refractivity contribution in [3.05, 3.63) is 34.7 Å². The average Bonchev–Trinajstić information content (AvgIpc) is 2.03. The molecule has 3 nitrogen and oxygen atoms in total. The second kappa shape index (κ2) is 3.93. The summed E-state index contributed by atoms with van der Waals surface area (Å²) in [6, 6.07) is 5.84. The van der Waals surface area contributed by atoms with E-state index < -0.39 is 0 Å². The van der Waals surface area contributed by atoms with E-state index in [2.05, 4.69) is 6.07 Å². The number of hydrogen-bond donors (Lipinski definition) is 0. The molecule has 1 radical (unpaired) electrons. The molecule has 0 bridgehead atoms. The molecule has 1 rings (SSSR count). The van der Waals surface area contributed by atoms with Gasteiger partial charge in [-0.05, 0) is 19.1 Å². The van der Waals surface area contributed by atoms with Crippen LogP contribution in [0.3, 0.4) is 0 Å². The quantitative estimate of drug-likeness (QED) is 0.636. The maximum atomic E-state index is 11.0. The zero-order valence-electron chi connectivity index (χ0n) is 6.41. The lowest BCUT2D eigenvalue weighted by atomic mass is 10.5. The predicted octanol–water partition coefficient (Wildman–Crippen LogP) is 0.642. The standard InChI is InChI=1S/C8H10NO2/c1-2-11-7-9-6-4-3-5-8(9)10/h3,5-6H,2,7H2,1H3. The van der Waals surface area contributed by atoms with Crippen LogP contribution < -0.4 is 5.56 Å². The third-order valence-corrected chi connectivity index (χ3v) is 1.27. The molecule has 0 aliphatic carbocycles. The minimum atomic E-state index is -0.0581. The summed E-state index contributed by atoms with van der Waals surface area (Å²) in [5.41, 5.74) is -0.0581. The van der Waals surface area contributed by atoms with Crippen LogP contribution in [-0.2, 0) is 11.5 Å². The molecule has 1 heterocycles. The summed E-state index contributed by atoms with van der Waals surface area (Å²) in [6.45, 7) is 2.81. The summed E-state index contributed by atoms with van der Waals surface area (Å²) in [4.78, 5) is 11.0. The van der Waals surface area contributed by atoms with E-state index in [1.165, 1.54) is 10.6 Å². The molecule has 0 aromatic carbocycles. The van der Waals surface area contributed by atoms with Gasteiger partial charge in [0, 0.05) is 18.9 Å². The first-order valence-electron chi connectivity index (χ1n) is 3.49. The molecule has 59 valence electrons. The summed E-state index contributed by atoms with van der Waals surface area (Å²) < 4.78 is 6.51. The summed E-state index contributed by atoms with van der Waals surface area (Å²) in [5.74, 6) is 0. The Balaban J connectivity index is 2.70. The van der Waals surface area contributed by atoms with E-state index in [4.69, 9.17) is 4.74 Å². The maximum Gasteiger partial charge on any atom is 0.252 e. The van der Waals surface area contributed by atoms with Crippen molar-refractivity contribution >= 4 is 0 Å². The van der Waals surface area contributed by atoms with Crippen LogP contribution in [0.5, 0.6) is 0 Å². The van der Waals surface area contributed by atoms with Gasteiger partial charge < -0.3 is 4.74 Å². The van der Waals surface area contributed by atoms with Crippen molar-refractivity contribution in [3.63, 3.8) is 0 Å². The number of rotatable bonds is 3. The first-order chi connectivity index (χ1) is 5.34. The predicted molar refractivity (Wildman–Crippen MR) is 41.2 cm³/mol. The molecule has 0 saturated carbocycles. The number of pyridine rings is 1. The molecule has 3 heteroatoms. The smallest absolute Gasteiger partial charge is 0.252 e. The Morgan fingerprint density at radius 3 is 3.18 bits per heavy atom. The molecule has 0 N–H and O–H groups in total. The zero-order valence-corrected chi connectivity index (χ0v) is 6.41. The molecule has 0 atom stereocenters. The van der Waals surface area contributed by atoms with Crippen LogP contribution in [0.1, 0.15) is 6.92 Å². The van der Waals surface area contributed by atoms with E-state index in [1.54, 1.807) is 12.3 Å². The van der Waals surface area contributed by atoms with E-state index in [9.17, 15) is 4.79 Å². The molecule has 0 spiro atoms. The number of ether oxygens (including phenoxy) is 1. The molecule has 0 aliphatic heterocycles. The lowest BCUT2D eigenvalue weighted by Crippen LogP contribution is -2.19. The summed E-state index contributed by atoms with van der Waals surface area (Å²) >= 11 is 0. The van der Waals surface area contributed by atoms with Gasteiger partial charge in [0.05, 0.1) is 0 Å². The van der Waals surface area contributed by atoms with E-state index in [0.717, 1.165) is 0 Å². The third kappa shape index (κ3) is 2.20. The Hall–Kier alpha value is -1.09. The summed E-state index contributed by atoms with van der Waals surface area (Å²) in [7, 11) is 0. The van der Waals surface area contributed by atoms with E-state index >= 15 is 0 Å². The van der Waals surface area contributed by atoms with Gasteiger partial charge in [0.15, 0.2) is 0 Å². The van der Waals surface area contributed by atoms with Gasteiger partial charge >= 0.3 is 0 Å². The minimum Gasteiger partial charge on any atom is -0.361 e. The highest BCUT2D eigenvalue weighted by Crippen LogP contribution is 1.82. The van der Waals surface area contributed by atoms with E-state index in [0.29, 0.717) is 13.3 Å². The van der Waals surface area contributed by atoms with E-state index in [1.807, 2.05) is 6.92 Å². The summed E-state index contributed by atoms with van der Waals surface area (Å²) in [5, 5.41) is 0. The molecular weight excluding hydrogens is 142 g/mol. The lowest BCUT2D eigenvalue weighted by Gasteiger charge is -2.02. The normalized spacial score (nSPS) is 9.91. The fourth-order valence-corrected chi connectivity index (χ4v) is 0.702. The highest BCUT2D eigenvalue weighted by atomic mass is 16.5. The van der Waals surface area contributed by atoms with Crippen LogP contribution in [0, 0.1) is 6.07 Å². The fraction of sp³-hybridized carbons (Fsp3) is 0.375. The highest BCUT2D eigenvalue weighted by Gasteiger charge is 1.90. The van der Waals surface area contributed by atoms with Crippen molar-refractivity contribution in [1.82, 2.24) is 4.57 Å². The Morgan fingerprint density at radius 1 is 1.73 bits per heavy atom. The lowest BCUT2D eigenvalue weighted by molar-refractivity contribution is 0.0853. The molecule has 1 aromatic rings. The van der Waals surface area contributed by atoms with Gasteiger partial charge in [-0.2, -0.15) is 0 Å². The second-order valence-electron chi connectivity index (χ2n) is 2.06. The van der Waals surface area contributed by atoms with Gasteiger partial charge in [-0.1, -0.05) is 0 Å². The van der Waals surface area contributed by atoms with Crippen LogP contribution in [0.2, 0.25) is 0 Å². The molecule has 0 unspecified atom stereocenters. The summed E-state index contributed by atoms with van der Waals surface area (Å²) in [6.07, 6.45) is 1.58. The third-order valence-electron chi connectivity index (χ3n) is 1.27. The van der Waals surface area contributed by atoms with Crippen molar-refractivity contribution in [2.75, 3.05) is 6.61 Å². The van der Waals surface area contributed by atoms with Crippen molar-refractivity contribution in [1.29, 1.82) is 0 Å². The fourth-order valence-electron chi connectivity index (χ4n) is 0.702. The van der Waals surface area contributed by atoms with Gasteiger partial charge in [-0.15, -0.1) is 0 Å². The van der Waals surface area contributed by atoms with Crippen LogP contribution >= 0.6 is 0 Å². The van der Waals surface area contributed by atoms with Gasteiger partial charge in [-0.3, -0.25) is 9.36 Å². The first-order valence-corrected chi connectivity index (χ1v) is 3.49. The van der Waals surface area contributed by atoms with Crippen molar-refractivity contribution in [2.45, 2.75) is 13.7 Å². The molecule has 0 fully saturated rings. The van der Waals surface area contributed by atoms with Gasteiger partial charge in [-0.25, -0.2) is 0 Å². The molecule has 0 saturated heterocycles. The van der Waals surface area contributed by atoms with Gasteiger partial charge in [0.2, 0.25) is 0 Å². The van der Waals surface area contributed by atoms with Crippen LogP contribution in [0.4, 0.5) is 0 Å². The van der Waals surface area contributed by atoms with Gasteiger partial charge in [0.1, 0.15) is 6.73 Å². The Bertz CT molecular complexity index is 267. The SMILES string of the molecule is CCOCn1c[c]ccc1=O. The van der Waals surface area contributed by atoms with Crippen molar-refractivity contribution < 1.29 is 4.74 Å². The minimum absolute atomic E-state index is 0.0581. The molecule has 1 aromatic heterocycles. The molecule has 11 heavy (non-hydrogen) atoms. The number of nitrogens with zero attached hydrogens (tertiary/aromatic N) is 1. The molecule has 0 aliphatic rings. The van der Waals surface area contributed by atoms with Gasteiger partial charge in [0.25, 0.3) is 5.56 Å². The second-order valence-corrected chi connectivity index (χ2v) is 2.06. The van der Waals surface area contributed by atoms with Crippen LogP contribution in [-0.4, -0.2) is 11.2 Å². The highest BCUT2D eigenvalue weighted by molar-refractivity contribution is 4.90. The maximum absolute atomic E-state index is 11.0. The molecular formula is C8H10NO2. The average molecular weight is 152 g/mol. The Morgan fingerprint density at radius 2 is 2.55 bits per heavy atom. The Labute approximate surface area is 65.2 Å². The first kappa shape index (κ1) is 8.01. The van der Waals surface area contributed by atoms with Crippen LogP contribution in [0.25, 0.3) is 0 Å². The number of aromatic nitrogens is 1. The Kier molecular flexibility index (Phi) is 2.86. The topological polar surface area (TPSA) is 31.2 Å². The largest absolute Gasteiger partial charge is 0.361 e. The van der Waals surface area contributed by atoms with E-state index in [-0.39, 0.29) is 5.56 Å². The number of hydrogen-bond acceptors (Lipinski definition) is 2. The molecule has 0 amide bonds.